The van der Waals surface area contributed by atoms with Crippen LogP contribution in [-0.2, 0) is 12.8 Å². The fourth-order valence-corrected chi connectivity index (χ4v) is 1.89. The average Bonchev–Trinajstić information content (AvgIpc) is 2.34. The van der Waals surface area contributed by atoms with E-state index in [0.717, 1.165) is 16.7 Å². The summed E-state index contributed by atoms with van der Waals surface area (Å²) in [5.74, 6) is 1.22. The van der Waals surface area contributed by atoms with Gasteiger partial charge in [0.25, 0.3) is 0 Å². The average molecular weight is 243 g/mol. The van der Waals surface area contributed by atoms with Crippen LogP contribution in [0.25, 0.3) is 0 Å². The molecule has 0 amide bonds. The Morgan fingerprint density at radius 2 is 2.06 bits per heavy atom. The molecule has 4 nitrogen and oxygen atoms in total. The molecular weight excluding hydrogens is 226 g/mol. The van der Waals surface area contributed by atoms with Crippen LogP contribution in [0.1, 0.15) is 22.5 Å². The van der Waals surface area contributed by atoms with Crippen molar-refractivity contribution < 1.29 is 5.11 Å². The van der Waals surface area contributed by atoms with Crippen LogP contribution in [-0.4, -0.2) is 21.7 Å². The van der Waals surface area contributed by atoms with Gasteiger partial charge in [0, 0.05) is 24.8 Å². The van der Waals surface area contributed by atoms with Crippen LogP contribution in [0.5, 0.6) is 0 Å². The van der Waals surface area contributed by atoms with Crippen LogP contribution in [0.15, 0.2) is 30.5 Å². The van der Waals surface area contributed by atoms with Crippen molar-refractivity contribution in [3.8, 4) is 0 Å². The predicted molar refractivity (Wildman–Crippen MR) is 71.2 cm³/mol. The summed E-state index contributed by atoms with van der Waals surface area (Å²) in [6, 6.07) is 8.12. The molecule has 0 bridgehead atoms. The molecule has 0 aliphatic rings. The molecule has 94 valence electrons. The first-order valence-corrected chi connectivity index (χ1v) is 5.95. The molecule has 0 saturated carbocycles. The molecule has 2 aromatic rings. The van der Waals surface area contributed by atoms with E-state index >= 15 is 0 Å². The van der Waals surface area contributed by atoms with Gasteiger partial charge < -0.3 is 10.8 Å². The molecular formula is C14H17N3O. The van der Waals surface area contributed by atoms with Gasteiger partial charge in [-0.15, -0.1) is 0 Å². The standard InChI is InChI=1S/C14H17N3O/c1-10-16-9-13(14(15)17-10)8-12-4-2-3-11(7-12)5-6-18/h2-4,7,9,18H,5-6,8H2,1H3,(H2,15,16,17). The SMILES string of the molecule is Cc1ncc(Cc2cccc(CCO)c2)c(N)n1. The summed E-state index contributed by atoms with van der Waals surface area (Å²) < 4.78 is 0. The number of aryl methyl sites for hydroxylation is 1. The zero-order valence-electron chi connectivity index (χ0n) is 10.4. The molecule has 18 heavy (non-hydrogen) atoms. The van der Waals surface area contributed by atoms with E-state index in [2.05, 4.69) is 16.0 Å². The zero-order chi connectivity index (χ0) is 13.0. The summed E-state index contributed by atoms with van der Waals surface area (Å²) >= 11 is 0. The van der Waals surface area contributed by atoms with E-state index in [1.165, 1.54) is 0 Å². The van der Waals surface area contributed by atoms with Crippen LogP contribution in [0.4, 0.5) is 5.82 Å². The number of nitrogens with two attached hydrogens (primary N) is 1. The number of aliphatic hydroxyl groups is 1. The quantitative estimate of drug-likeness (QED) is 0.853. The fraction of sp³-hybridized carbons (Fsp3) is 0.286. The molecule has 0 radical (unpaired) electrons. The summed E-state index contributed by atoms with van der Waals surface area (Å²) in [6.07, 6.45) is 3.16. The van der Waals surface area contributed by atoms with E-state index in [4.69, 9.17) is 10.8 Å². The van der Waals surface area contributed by atoms with Crippen LogP contribution in [0.2, 0.25) is 0 Å². The lowest BCUT2D eigenvalue weighted by Crippen LogP contribution is -2.02. The molecule has 1 aromatic heterocycles. The monoisotopic (exact) mass is 243 g/mol. The summed E-state index contributed by atoms with van der Waals surface area (Å²) in [5, 5.41) is 8.93. The first-order valence-electron chi connectivity index (χ1n) is 5.95. The Balaban J connectivity index is 2.20. The Labute approximate surface area is 107 Å². The Morgan fingerprint density at radius 3 is 2.78 bits per heavy atom. The van der Waals surface area contributed by atoms with Crippen molar-refractivity contribution in [2.45, 2.75) is 19.8 Å². The molecule has 1 heterocycles. The maximum Gasteiger partial charge on any atom is 0.130 e. The van der Waals surface area contributed by atoms with Gasteiger partial charge >= 0.3 is 0 Å². The van der Waals surface area contributed by atoms with Crippen molar-refractivity contribution in [2.24, 2.45) is 0 Å². The van der Waals surface area contributed by atoms with Crippen molar-refractivity contribution in [3.63, 3.8) is 0 Å². The Kier molecular flexibility index (Phi) is 3.89. The summed E-state index contributed by atoms with van der Waals surface area (Å²) in [6.45, 7) is 1.99. The first kappa shape index (κ1) is 12.5. The van der Waals surface area contributed by atoms with E-state index in [-0.39, 0.29) is 6.61 Å². The van der Waals surface area contributed by atoms with E-state index in [1.54, 1.807) is 6.20 Å². The summed E-state index contributed by atoms with van der Waals surface area (Å²) in [4.78, 5) is 8.32. The molecule has 0 aliphatic carbocycles. The highest BCUT2D eigenvalue weighted by Gasteiger charge is 2.04. The highest BCUT2D eigenvalue weighted by atomic mass is 16.2. The minimum atomic E-state index is 0.166. The van der Waals surface area contributed by atoms with Gasteiger partial charge in [-0.25, -0.2) is 9.97 Å². The lowest BCUT2D eigenvalue weighted by Gasteiger charge is -2.07. The molecule has 0 fully saturated rings. The largest absolute Gasteiger partial charge is 0.396 e. The third kappa shape index (κ3) is 3.05. The molecule has 0 spiro atoms. The first-order chi connectivity index (χ1) is 8.69. The van der Waals surface area contributed by atoms with Gasteiger partial charge in [-0.3, -0.25) is 0 Å². The molecule has 2 rings (SSSR count). The van der Waals surface area contributed by atoms with Gasteiger partial charge in [-0.05, 0) is 24.5 Å². The lowest BCUT2D eigenvalue weighted by atomic mass is 10.0. The molecule has 1 aromatic carbocycles. The molecule has 0 saturated heterocycles. The fourth-order valence-electron chi connectivity index (χ4n) is 1.89. The molecule has 0 aliphatic heterocycles. The van der Waals surface area contributed by atoms with Crippen LogP contribution in [0, 0.1) is 6.92 Å². The molecule has 0 atom stereocenters. The summed E-state index contributed by atoms with van der Waals surface area (Å²) in [7, 11) is 0. The lowest BCUT2D eigenvalue weighted by molar-refractivity contribution is 0.299. The van der Waals surface area contributed by atoms with Crippen molar-refractivity contribution in [2.75, 3.05) is 12.3 Å². The van der Waals surface area contributed by atoms with Crippen LogP contribution in [0.3, 0.4) is 0 Å². The second kappa shape index (κ2) is 5.60. The minimum absolute atomic E-state index is 0.166. The number of hydrogen-bond donors (Lipinski definition) is 2. The van der Waals surface area contributed by atoms with Crippen molar-refractivity contribution >= 4 is 5.82 Å². The van der Waals surface area contributed by atoms with Gasteiger partial charge in [0.2, 0.25) is 0 Å². The number of rotatable bonds is 4. The highest BCUT2D eigenvalue weighted by Crippen LogP contribution is 2.15. The molecule has 4 heteroatoms. The van der Waals surface area contributed by atoms with Crippen LogP contribution < -0.4 is 5.73 Å². The van der Waals surface area contributed by atoms with E-state index in [9.17, 15) is 0 Å². The van der Waals surface area contributed by atoms with E-state index < -0.39 is 0 Å². The maximum absolute atomic E-state index is 8.93. The number of nitrogens with zero attached hydrogens (tertiary/aromatic N) is 2. The number of nitrogen functional groups attached to an aromatic ring is 1. The van der Waals surface area contributed by atoms with Crippen LogP contribution >= 0.6 is 0 Å². The highest BCUT2D eigenvalue weighted by molar-refractivity contribution is 5.41. The molecule has 3 N–H and O–H groups in total. The third-order valence-corrected chi connectivity index (χ3v) is 2.80. The Morgan fingerprint density at radius 1 is 1.28 bits per heavy atom. The van der Waals surface area contributed by atoms with Gasteiger partial charge in [-0.2, -0.15) is 0 Å². The normalized spacial score (nSPS) is 10.6. The topological polar surface area (TPSA) is 72.0 Å². The number of benzene rings is 1. The van der Waals surface area contributed by atoms with Gasteiger partial charge in [0.15, 0.2) is 0 Å². The second-order valence-corrected chi connectivity index (χ2v) is 4.30. The van der Waals surface area contributed by atoms with Gasteiger partial charge in [0.1, 0.15) is 11.6 Å². The maximum atomic E-state index is 8.93. The Bertz CT molecular complexity index is 540. The van der Waals surface area contributed by atoms with E-state index in [0.29, 0.717) is 24.5 Å². The molecule has 0 unspecified atom stereocenters. The number of aromatic nitrogens is 2. The van der Waals surface area contributed by atoms with Crippen molar-refractivity contribution in [1.82, 2.24) is 9.97 Å². The minimum Gasteiger partial charge on any atom is -0.396 e. The Hall–Kier alpha value is -1.94. The van der Waals surface area contributed by atoms with Crippen molar-refractivity contribution in [3.05, 3.63) is 53.0 Å². The predicted octanol–water partition coefficient (Wildman–Crippen LogP) is 1.49. The van der Waals surface area contributed by atoms with Gasteiger partial charge in [-0.1, -0.05) is 24.3 Å². The number of aliphatic hydroxyl groups excluding tert-OH is 1. The van der Waals surface area contributed by atoms with Gasteiger partial charge in [0.05, 0.1) is 0 Å². The van der Waals surface area contributed by atoms with E-state index in [1.807, 2.05) is 25.1 Å². The number of hydrogen-bond acceptors (Lipinski definition) is 4. The van der Waals surface area contributed by atoms with Crippen molar-refractivity contribution in [1.29, 1.82) is 0 Å². The third-order valence-electron chi connectivity index (χ3n) is 2.80. The smallest absolute Gasteiger partial charge is 0.130 e. The summed E-state index contributed by atoms with van der Waals surface area (Å²) in [5.41, 5.74) is 9.09. The zero-order valence-corrected chi connectivity index (χ0v) is 10.4. The second-order valence-electron chi connectivity index (χ2n) is 4.30. The number of anilines is 1.